The lowest BCUT2D eigenvalue weighted by atomic mass is 9.98. The van der Waals surface area contributed by atoms with Gasteiger partial charge < -0.3 is 25.6 Å². The molecule has 3 atom stereocenters. The number of hydrogen-bond acceptors (Lipinski definition) is 5. The van der Waals surface area contributed by atoms with E-state index in [0.29, 0.717) is 0 Å². The Hall–Kier alpha value is -3.39. The lowest BCUT2D eigenvalue weighted by molar-refractivity contribution is -0.147. The maximum absolute atomic E-state index is 12.6. The van der Waals surface area contributed by atoms with Gasteiger partial charge in [0, 0.05) is 31.3 Å². The summed E-state index contributed by atoms with van der Waals surface area (Å²) < 4.78 is 5.63. The van der Waals surface area contributed by atoms with Gasteiger partial charge in [0.05, 0.1) is 0 Å². The molecule has 0 bridgehead atoms. The third-order valence-electron chi connectivity index (χ3n) is 6.78. The van der Waals surface area contributed by atoms with E-state index < -0.39 is 18.2 Å². The van der Waals surface area contributed by atoms with Crippen LogP contribution in [0, 0.1) is 5.92 Å². The summed E-state index contributed by atoms with van der Waals surface area (Å²) in [4.78, 5) is 35.5. The molecule has 1 fully saturated rings. The zero-order valence-electron chi connectivity index (χ0n) is 18.9. The first-order chi connectivity index (χ1) is 16.4. The number of hydrogen-bond donors (Lipinski definition) is 4. The van der Waals surface area contributed by atoms with Crippen molar-refractivity contribution in [3.8, 4) is 11.1 Å². The predicted octanol–water partition coefficient (Wildman–Crippen LogP) is 3.04. The number of ether oxygens (including phenoxy) is 1. The van der Waals surface area contributed by atoms with Crippen molar-refractivity contribution in [1.82, 2.24) is 10.6 Å². The molecule has 4 rings (SSSR count). The van der Waals surface area contributed by atoms with Gasteiger partial charge in [-0.2, -0.15) is 0 Å². The van der Waals surface area contributed by atoms with E-state index in [4.69, 9.17) is 9.84 Å². The Bertz CT molecular complexity index is 1010. The van der Waals surface area contributed by atoms with Gasteiger partial charge in [0.25, 0.3) is 0 Å². The van der Waals surface area contributed by atoms with Crippen LogP contribution in [0.4, 0.5) is 4.79 Å². The second-order valence-corrected chi connectivity index (χ2v) is 8.96. The Morgan fingerprint density at radius 1 is 1.00 bits per heavy atom. The Labute approximate surface area is 198 Å². The van der Waals surface area contributed by atoms with Crippen molar-refractivity contribution in [2.24, 2.45) is 5.92 Å². The number of carbonyl (C=O) groups is 3. The first kappa shape index (κ1) is 23.8. The maximum Gasteiger partial charge on any atom is 0.407 e. The van der Waals surface area contributed by atoms with Crippen molar-refractivity contribution in [3.63, 3.8) is 0 Å². The molecule has 34 heavy (non-hydrogen) atoms. The number of carboxylic acids is 1. The second kappa shape index (κ2) is 10.7. The molecule has 0 heterocycles. The van der Waals surface area contributed by atoms with Crippen LogP contribution < -0.4 is 10.6 Å². The lowest BCUT2D eigenvalue weighted by Gasteiger charge is -2.21. The van der Waals surface area contributed by atoms with Crippen molar-refractivity contribution in [3.05, 3.63) is 59.7 Å². The summed E-state index contributed by atoms with van der Waals surface area (Å²) in [6, 6.07) is 16.2. The molecule has 0 radical (unpaired) electrons. The van der Waals surface area contributed by atoms with E-state index in [0.717, 1.165) is 30.4 Å². The van der Waals surface area contributed by atoms with E-state index in [1.165, 1.54) is 11.1 Å². The van der Waals surface area contributed by atoms with Crippen molar-refractivity contribution >= 4 is 18.0 Å². The van der Waals surface area contributed by atoms with E-state index in [-0.39, 0.29) is 49.8 Å². The van der Waals surface area contributed by atoms with Gasteiger partial charge >= 0.3 is 12.1 Å². The normalized spacial score (nSPS) is 19.7. The number of carbonyl (C=O) groups excluding carboxylic acids is 2. The topological polar surface area (TPSA) is 125 Å². The van der Waals surface area contributed by atoms with E-state index in [2.05, 4.69) is 34.9 Å². The van der Waals surface area contributed by atoms with Gasteiger partial charge in [-0.05, 0) is 41.0 Å². The molecule has 3 unspecified atom stereocenters. The van der Waals surface area contributed by atoms with E-state index >= 15 is 0 Å². The fourth-order valence-electron chi connectivity index (χ4n) is 5.04. The number of alkyl carbamates (subject to hydrolysis) is 1. The first-order valence-electron chi connectivity index (χ1n) is 11.7. The van der Waals surface area contributed by atoms with Crippen LogP contribution in [-0.2, 0) is 14.3 Å². The van der Waals surface area contributed by atoms with Crippen LogP contribution in [0.5, 0.6) is 0 Å². The molecule has 2 aromatic carbocycles. The van der Waals surface area contributed by atoms with Crippen molar-refractivity contribution in [1.29, 1.82) is 0 Å². The Morgan fingerprint density at radius 3 is 2.29 bits per heavy atom. The van der Waals surface area contributed by atoms with E-state index in [1.54, 1.807) is 0 Å². The van der Waals surface area contributed by atoms with Gasteiger partial charge in [0.2, 0.25) is 5.91 Å². The number of carboxylic acid groups (broad SMARTS) is 1. The van der Waals surface area contributed by atoms with Crippen LogP contribution >= 0.6 is 0 Å². The number of fused-ring (bicyclic) bond motifs is 3. The zero-order chi connectivity index (χ0) is 24.1. The minimum absolute atomic E-state index is 0.00937. The number of rotatable bonds is 9. The van der Waals surface area contributed by atoms with Gasteiger partial charge in [0.1, 0.15) is 6.61 Å². The Morgan fingerprint density at radius 2 is 1.65 bits per heavy atom. The number of aliphatic hydroxyl groups is 1. The fraction of sp³-hybridized carbons (Fsp3) is 0.423. The Kier molecular flexibility index (Phi) is 7.47. The monoisotopic (exact) mass is 466 g/mol. The summed E-state index contributed by atoms with van der Waals surface area (Å²) in [7, 11) is 0. The summed E-state index contributed by atoms with van der Waals surface area (Å²) in [5.41, 5.74) is 4.65. The summed E-state index contributed by atoms with van der Waals surface area (Å²) in [6.45, 7) is 0.327. The minimum Gasteiger partial charge on any atom is -0.479 e. The average molecular weight is 467 g/mol. The van der Waals surface area contributed by atoms with Crippen molar-refractivity contribution in [2.75, 3.05) is 13.2 Å². The van der Waals surface area contributed by atoms with Gasteiger partial charge in [-0.3, -0.25) is 4.79 Å². The number of aliphatic carboxylic acids is 1. The maximum atomic E-state index is 12.6. The third-order valence-corrected chi connectivity index (χ3v) is 6.78. The Balaban J connectivity index is 1.27. The van der Waals surface area contributed by atoms with Crippen molar-refractivity contribution < 1.29 is 29.3 Å². The molecule has 1 saturated carbocycles. The van der Waals surface area contributed by atoms with Gasteiger partial charge in [-0.25, -0.2) is 9.59 Å². The molecule has 2 aliphatic rings. The molecule has 4 N–H and O–H groups in total. The average Bonchev–Trinajstić information content (AvgIpc) is 3.39. The molecule has 8 heteroatoms. The van der Waals surface area contributed by atoms with Crippen LogP contribution in [0.2, 0.25) is 0 Å². The minimum atomic E-state index is -1.49. The molecule has 8 nitrogen and oxygen atoms in total. The van der Waals surface area contributed by atoms with Gasteiger partial charge in [0.15, 0.2) is 6.10 Å². The van der Waals surface area contributed by atoms with Crippen LogP contribution in [0.15, 0.2) is 48.5 Å². The summed E-state index contributed by atoms with van der Waals surface area (Å²) in [6.07, 6.45) is 0.715. The molecule has 2 aromatic rings. The molecular formula is C26H30N2O6. The highest BCUT2D eigenvalue weighted by atomic mass is 16.5. The molecule has 0 spiro atoms. The first-order valence-corrected chi connectivity index (χ1v) is 11.7. The summed E-state index contributed by atoms with van der Waals surface area (Å²) >= 11 is 0. The number of aliphatic hydroxyl groups excluding tert-OH is 1. The van der Waals surface area contributed by atoms with Gasteiger partial charge in [-0.1, -0.05) is 55.0 Å². The third kappa shape index (κ3) is 5.39. The standard InChI is InChI=1S/C26H30N2O6/c29-23(25(31)32)12-13-27-24(30)14-16-6-5-11-22(16)28-26(33)34-15-21-19-9-3-1-7-17(19)18-8-2-4-10-20(18)21/h1-4,7-10,16,21-23,29H,5-6,11-15H2,(H,27,30)(H,28,33)(H,31,32). The molecule has 0 aliphatic heterocycles. The number of benzene rings is 2. The summed E-state index contributed by atoms with van der Waals surface area (Å²) in [5.74, 6) is -1.55. The van der Waals surface area contributed by atoms with Crippen LogP contribution in [0.25, 0.3) is 11.1 Å². The molecule has 0 aromatic heterocycles. The lowest BCUT2D eigenvalue weighted by Crippen LogP contribution is -2.40. The van der Waals surface area contributed by atoms with Gasteiger partial charge in [-0.15, -0.1) is 0 Å². The fourth-order valence-corrected chi connectivity index (χ4v) is 5.04. The SMILES string of the molecule is O=C(CC1CCCC1NC(=O)OCC1c2ccccc2-c2ccccc21)NCCC(O)C(=O)O. The van der Waals surface area contributed by atoms with Crippen molar-refractivity contribution in [2.45, 2.75) is 50.2 Å². The molecule has 2 amide bonds. The van der Waals surface area contributed by atoms with Crippen LogP contribution in [0.1, 0.15) is 49.1 Å². The molecule has 0 saturated heterocycles. The largest absolute Gasteiger partial charge is 0.479 e. The smallest absolute Gasteiger partial charge is 0.407 e. The van der Waals surface area contributed by atoms with Crippen LogP contribution in [-0.4, -0.2) is 53.5 Å². The molecule has 180 valence electrons. The quantitative estimate of drug-likeness (QED) is 0.450. The second-order valence-electron chi connectivity index (χ2n) is 8.96. The zero-order valence-corrected chi connectivity index (χ0v) is 18.9. The van der Waals surface area contributed by atoms with E-state index in [9.17, 15) is 19.5 Å². The highest BCUT2D eigenvalue weighted by Gasteiger charge is 2.32. The number of nitrogens with one attached hydrogen (secondary N) is 2. The molecular weight excluding hydrogens is 436 g/mol. The predicted molar refractivity (Wildman–Crippen MR) is 125 cm³/mol. The highest BCUT2D eigenvalue weighted by Crippen LogP contribution is 2.44. The van der Waals surface area contributed by atoms with Crippen LogP contribution in [0.3, 0.4) is 0 Å². The number of amides is 2. The highest BCUT2D eigenvalue weighted by molar-refractivity contribution is 5.79. The van der Waals surface area contributed by atoms with E-state index in [1.807, 2.05) is 24.3 Å². The summed E-state index contributed by atoms with van der Waals surface area (Å²) in [5, 5.41) is 23.6. The molecule has 2 aliphatic carbocycles.